The minimum atomic E-state index is -4.59. The van der Waals surface area contributed by atoms with Gasteiger partial charge in [0.2, 0.25) is 0 Å². The molecule has 1 saturated heterocycles. The van der Waals surface area contributed by atoms with Crippen LogP contribution in [0.2, 0.25) is 5.02 Å². The third-order valence-electron chi connectivity index (χ3n) is 7.46. The number of carboxylic acid groups (broad SMARTS) is 1. The van der Waals surface area contributed by atoms with Crippen LogP contribution in [-0.2, 0) is 12.6 Å². The second kappa shape index (κ2) is 11.6. The van der Waals surface area contributed by atoms with Crippen molar-refractivity contribution < 1.29 is 27.5 Å². The Labute approximate surface area is 235 Å². The van der Waals surface area contributed by atoms with Crippen LogP contribution < -0.4 is 0 Å². The van der Waals surface area contributed by atoms with Gasteiger partial charge in [-0.25, -0.2) is 4.79 Å². The van der Waals surface area contributed by atoms with Gasteiger partial charge in [-0.2, -0.15) is 13.2 Å². The topological polar surface area (TPSA) is 40.5 Å². The molecule has 1 aliphatic carbocycles. The van der Waals surface area contributed by atoms with Gasteiger partial charge in [0, 0.05) is 19.6 Å². The van der Waals surface area contributed by atoms with Gasteiger partial charge in [0.25, 0.3) is 0 Å². The largest absolute Gasteiger partial charge is 0.478 e. The second-order valence-electron chi connectivity index (χ2n) is 10.2. The van der Waals surface area contributed by atoms with Gasteiger partial charge in [-0.3, -0.25) is 9.29 Å². The lowest BCUT2D eigenvalue weighted by Crippen LogP contribution is -2.40. The van der Waals surface area contributed by atoms with Crippen molar-refractivity contribution >= 4 is 34.8 Å². The average molecular weight is 570 g/mol. The number of allylic oxidation sites excluding steroid dienone is 1. The van der Waals surface area contributed by atoms with E-state index in [1.54, 1.807) is 18.2 Å². The van der Waals surface area contributed by atoms with Gasteiger partial charge in [0.15, 0.2) is 0 Å². The maximum atomic E-state index is 13.7. The van der Waals surface area contributed by atoms with E-state index in [2.05, 4.69) is 11.0 Å². The van der Waals surface area contributed by atoms with Gasteiger partial charge in [0.1, 0.15) is 0 Å². The van der Waals surface area contributed by atoms with E-state index < -0.39 is 17.7 Å². The van der Waals surface area contributed by atoms with Crippen molar-refractivity contribution in [1.29, 1.82) is 0 Å². The highest BCUT2D eigenvalue weighted by Crippen LogP contribution is 2.45. The van der Waals surface area contributed by atoms with Crippen molar-refractivity contribution in [3.63, 3.8) is 0 Å². The standard InChI is InChI=1S/C32H28ClF4NO2/c33-30-27(6-2-7-28(30)32(35,36)37)26-5-1-4-23-17-24(31(39)40)12-13-25(23)29(26)22-10-8-20(9-11-22)16-21-18-38(19-21)15-3-14-34/h2,6-13,16-17H,1,3-5,14-15,18-19H2,(H,39,40). The number of hydrogen-bond donors (Lipinski definition) is 1. The fourth-order valence-corrected chi connectivity index (χ4v) is 5.89. The Hall–Kier alpha value is -3.42. The van der Waals surface area contributed by atoms with Crippen molar-refractivity contribution in [2.75, 3.05) is 26.3 Å². The molecule has 40 heavy (non-hydrogen) atoms. The number of likely N-dealkylation sites (tertiary alicyclic amines) is 1. The number of hydrogen-bond acceptors (Lipinski definition) is 2. The Balaban J connectivity index is 1.60. The molecule has 0 aromatic heterocycles. The van der Waals surface area contributed by atoms with Crippen LogP contribution in [0, 0.1) is 0 Å². The summed E-state index contributed by atoms with van der Waals surface area (Å²) in [5.41, 5.74) is 5.76. The van der Waals surface area contributed by atoms with E-state index in [-0.39, 0.29) is 17.3 Å². The summed E-state index contributed by atoms with van der Waals surface area (Å²) in [5.74, 6) is -1.03. The number of benzene rings is 3. The summed E-state index contributed by atoms with van der Waals surface area (Å²) in [6, 6.07) is 16.7. The maximum Gasteiger partial charge on any atom is 0.417 e. The minimum Gasteiger partial charge on any atom is -0.478 e. The van der Waals surface area contributed by atoms with Crippen molar-refractivity contribution in [1.82, 2.24) is 4.90 Å². The van der Waals surface area contributed by atoms with Crippen LogP contribution in [0.15, 0.2) is 66.2 Å². The Morgan fingerprint density at radius 1 is 1.00 bits per heavy atom. The molecule has 3 nitrogen and oxygen atoms in total. The number of rotatable bonds is 7. The van der Waals surface area contributed by atoms with E-state index in [0.29, 0.717) is 36.8 Å². The molecule has 0 atom stereocenters. The van der Waals surface area contributed by atoms with Crippen molar-refractivity contribution in [2.24, 2.45) is 0 Å². The van der Waals surface area contributed by atoms with E-state index in [1.807, 2.05) is 24.3 Å². The molecule has 1 heterocycles. The van der Waals surface area contributed by atoms with Crippen LogP contribution in [0.5, 0.6) is 0 Å². The lowest BCUT2D eigenvalue weighted by atomic mass is 9.86. The van der Waals surface area contributed by atoms with Gasteiger partial charge in [0.05, 0.1) is 22.8 Å². The van der Waals surface area contributed by atoms with Crippen LogP contribution in [0.25, 0.3) is 17.2 Å². The minimum absolute atomic E-state index is 0.168. The highest BCUT2D eigenvalue weighted by atomic mass is 35.5. The molecule has 0 bridgehead atoms. The number of alkyl halides is 4. The molecule has 8 heteroatoms. The molecule has 5 rings (SSSR count). The summed E-state index contributed by atoms with van der Waals surface area (Å²) in [7, 11) is 0. The highest BCUT2D eigenvalue weighted by molar-refractivity contribution is 6.33. The summed E-state index contributed by atoms with van der Waals surface area (Å²) in [6.45, 7) is 2.04. The van der Waals surface area contributed by atoms with Gasteiger partial charge < -0.3 is 5.11 Å². The smallest absolute Gasteiger partial charge is 0.417 e. The molecule has 0 unspecified atom stereocenters. The fourth-order valence-electron chi connectivity index (χ4n) is 5.55. The average Bonchev–Trinajstić information content (AvgIpc) is 3.08. The summed E-state index contributed by atoms with van der Waals surface area (Å²) < 4.78 is 53.7. The third-order valence-corrected chi connectivity index (χ3v) is 7.86. The van der Waals surface area contributed by atoms with Crippen molar-refractivity contribution in [3.8, 4) is 0 Å². The molecule has 3 aromatic rings. The number of aryl methyl sites for hydroxylation is 1. The second-order valence-corrected chi connectivity index (χ2v) is 10.6. The van der Waals surface area contributed by atoms with Crippen LogP contribution in [0.4, 0.5) is 17.6 Å². The Morgan fingerprint density at radius 3 is 2.42 bits per heavy atom. The number of halogens is 5. The normalized spacial score (nSPS) is 15.9. The monoisotopic (exact) mass is 569 g/mol. The summed E-state index contributed by atoms with van der Waals surface area (Å²) in [6.07, 6.45) is -0.258. The van der Waals surface area contributed by atoms with Crippen molar-refractivity contribution in [2.45, 2.75) is 31.9 Å². The Bertz CT molecular complexity index is 1480. The predicted octanol–water partition coefficient (Wildman–Crippen LogP) is 8.41. The van der Waals surface area contributed by atoms with E-state index in [1.165, 1.54) is 17.7 Å². The summed E-state index contributed by atoms with van der Waals surface area (Å²) in [5, 5.41) is 9.20. The molecule has 0 radical (unpaired) electrons. The van der Waals surface area contributed by atoms with E-state index in [9.17, 15) is 27.5 Å². The predicted molar refractivity (Wildman–Crippen MR) is 150 cm³/mol. The quantitative estimate of drug-likeness (QED) is 0.290. The molecule has 0 saturated carbocycles. The first kappa shape index (κ1) is 28.1. The molecule has 0 amide bonds. The van der Waals surface area contributed by atoms with Gasteiger partial charge in [-0.05, 0) is 88.4 Å². The summed E-state index contributed by atoms with van der Waals surface area (Å²) in [4.78, 5) is 13.8. The zero-order valence-corrected chi connectivity index (χ0v) is 22.5. The van der Waals surface area contributed by atoms with Gasteiger partial charge >= 0.3 is 12.1 Å². The van der Waals surface area contributed by atoms with E-state index in [4.69, 9.17) is 11.6 Å². The zero-order chi connectivity index (χ0) is 28.4. The first-order valence-electron chi connectivity index (χ1n) is 13.2. The molecular weight excluding hydrogens is 542 g/mol. The molecule has 1 aliphatic heterocycles. The molecule has 2 aliphatic rings. The first-order valence-corrected chi connectivity index (χ1v) is 13.6. The molecule has 0 spiro atoms. The SMILES string of the molecule is O=C(O)c1ccc2c(c1)CCCC(c1cccc(C(F)(F)F)c1Cl)=C2c1ccc(C=C2CN(CCCF)C2)cc1. The fraction of sp³-hybridized carbons (Fsp3) is 0.281. The van der Waals surface area contributed by atoms with Gasteiger partial charge in [-0.1, -0.05) is 60.1 Å². The number of carbonyl (C=O) groups is 1. The Kier molecular flexibility index (Phi) is 8.15. The number of aromatic carboxylic acids is 1. The number of carboxylic acids is 1. The molecule has 208 valence electrons. The molecule has 3 aromatic carbocycles. The van der Waals surface area contributed by atoms with Crippen LogP contribution in [0.3, 0.4) is 0 Å². The molecular formula is C32H28ClF4NO2. The number of fused-ring (bicyclic) bond motifs is 1. The lowest BCUT2D eigenvalue weighted by molar-refractivity contribution is -0.137. The van der Waals surface area contributed by atoms with Crippen LogP contribution >= 0.6 is 11.6 Å². The molecule has 1 fully saturated rings. The highest BCUT2D eigenvalue weighted by Gasteiger charge is 2.35. The van der Waals surface area contributed by atoms with Crippen molar-refractivity contribution in [3.05, 3.63) is 110 Å². The van der Waals surface area contributed by atoms with Crippen LogP contribution in [-0.4, -0.2) is 42.3 Å². The third kappa shape index (κ3) is 5.86. The first-order chi connectivity index (χ1) is 19.2. The van der Waals surface area contributed by atoms with E-state index >= 15 is 0 Å². The van der Waals surface area contributed by atoms with E-state index in [0.717, 1.165) is 53.5 Å². The Morgan fingerprint density at radius 2 is 1.75 bits per heavy atom. The summed E-state index contributed by atoms with van der Waals surface area (Å²) >= 11 is 6.41. The molecule has 1 N–H and O–H groups in total. The maximum absolute atomic E-state index is 13.7. The lowest BCUT2D eigenvalue weighted by Gasteiger charge is -2.33. The van der Waals surface area contributed by atoms with Crippen LogP contribution in [0.1, 0.15) is 63.0 Å². The zero-order valence-electron chi connectivity index (χ0n) is 21.7. The number of nitrogens with zero attached hydrogens (tertiary/aromatic N) is 1. The van der Waals surface area contributed by atoms with Gasteiger partial charge in [-0.15, -0.1) is 0 Å².